The van der Waals surface area contributed by atoms with Crippen molar-refractivity contribution in [2.75, 3.05) is 7.05 Å². The summed E-state index contributed by atoms with van der Waals surface area (Å²) in [7, 11) is 1.65. The van der Waals surface area contributed by atoms with Crippen molar-refractivity contribution in [1.29, 1.82) is 0 Å². The van der Waals surface area contributed by atoms with Gasteiger partial charge in [-0.05, 0) is 19.9 Å². The predicted molar refractivity (Wildman–Crippen MR) is 78.0 cm³/mol. The van der Waals surface area contributed by atoms with Crippen LogP contribution in [-0.4, -0.2) is 17.3 Å². The molecule has 2 nitrogen and oxygen atoms in total. The summed E-state index contributed by atoms with van der Waals surface area (Å²) in [6, 6.07) is 0. The van der Waals surface area contributed by atoms with Gasteiger partial charge in [0.2, 0.25) is 0 Å². The number of rotatable bonds is 5. The van der Waals surface area contributed by atoms with Gasteiger partial charge < -0.3 is 5.32 Å². The van der Waals surface area contributed by atoms with E-state index in [-0.39, 0.29) is 6.54 Å². The van der Waals surface area contributed by atoms with Gasteiger partial charge in [-0.15, -0.1) is 11.3 Å². The molecule has 0 amide bonds. The normalized spacial score (nSPS) is 17.6. The fraction of sp³-hybridized carbons (Fsp3) is 0.769. The van der Waals surface area contributed by atoms with Crippen LogP contribution in [0.2, 0.25) is 0 Å². The van der Waals surface area contributed by atoms with Gasteiger partial charge in [0.05, 0.1) is 4.88 Å². The Bertz CT molecular complexity index is 426. The Kier molecular flexibility index (Phi) is 5.74. The predicted octanol–water partition coefficient (Wildman–Crippen LogP) is 4.45. The zero-order valence-corrected chi connectivity index (χ0v) is 13.1. The molecule has 20 heavy (non-hydrogen) atoms. The summed E-state index contributed by atoms with van der Waals surface area (Å²) in [5.74, 6) is 0.599. The highest BCUT2D eigenvalue weighted by Crippen LogP contribution is 2.37. The van der Waals surface area contributed by atoms with Crippen LogP contribution in [-0.2, 0) is 18.5 Å². The van der Waals surface area contributed by atoms with Crippen molar-refractivity contribution < 1.29 is 13.2 Å². The van der Waals surface area contributed by atoms with E-state index in [9.17, 15) is 13.2 Å². The largest absolute Gasteiger partial charge is 0.434 e. The first kappa shape index (κ1) is 16.1. The van der Waals surface area contributed by atoms with Gasteiger partial charge in [-0.1, -0.05) is 19.3 Å². The van der Waals surface area contributed by atoms with Crippen molar-refractivity contribution in [2.45, 2.75) is 55.8 Å². The Balaban J connectivity index is 2.00. The molecule has 1 aromatic heterocycles. The van der Waals surface area contributed by atoms with E-state index in [0.29, 0.717) is 20.9 Å². The smallest absolute Gasteiger partial charge is 0.315 e. The van der Waals surface area contributed by atoms with E-state index in [4.69, 9.17) is 0 Å². The Morgan fingerprint density at radius 2 is 2.00 bits per heavy atom. The van der Waals surface area contributed by atoms with Crippen LogP contribution in [0, 0.1) is 0 Å². The van der Waals surface area contributed by atoms with E-state index in [2.05, 4.69) is 10.3 Å². The second-order valence-electron chi connectivity index (χ2n) is 4.98. The second kappa shape index (κ2) is 7.13. The zero-order chi connectivity index (χ0) is 14.6. The molecular weight excluding hydrogens is 305 g/mol. The van der Waals surface area contributed by atoms with Crippen molar-refractivity contribution >= 4 is 23.1 Å². The lowest BCUT2D eigenvalue weighted by molar-refractivity contribution is -0.141. The minimum absolute atomic E-state index is 0.223. The number of hydrogen-bond acceptors (Lipinski definition) is 4. The summed E-state index contributed by atoms with van der Waals surface area (Å²) in [6.07, 6.45) is 1.80. The Labute approximate surface area is 125 Å². The third-order valence-corrected chi connectivity index (χ3v) is 5.96. The summed E-state index contributed by atoms with van der Waals surface area (Å²) >= 11 is 2.95. The fourth-order valence-electron chi connectivity index (χ4n) is 2.38. The number of nitrogens with one attached hydrogen (secondary N) is 1. The van der Waals surface area contributed by atoms with E-state index in [1.54, 1.807) is 18.8 Å². The van der Waals surface area contributed by atoms with Gasteiger partial charge in [-0.25, -0.2) is 4.98 Å². The van der Waals surface area contributed by atoms with Crippen LogP contribution in [0.5, 0.6) is 0 Å². The average molecular weight is 324 g/mol. The van der Waals surface area contributed by atoms with Crippen LogP contribution in [0.3, 0.4) is 0 Å². The minimum atomic E-state index is -4.35. The van der Waals surface area contributed by atoms with Gasteiger partial charge in [-0.2, -0.15) is 24.9 Å². The van der Waals surface area contributed by atoms with Crippen LogP contribution in [0.1, 0.15) is 47.7 Å². The summed E-state index contributed by atoms with van der Waals surface area (Å²) in [6.45, 7) is 0.223. The minimum Gasteiger partial charge on any atom is -0.315 e. The molecule has 1 N–H and O–H groups in total. The Hall–Kier alpha value is -0.270. The SMILES string of the molecule is CNCc1sc(CSC2CCCCC2)nc1C(F)(F)F. The van der Waals surface area contributed by atoms with Gasteiger partial charge in [0.25, 0.3) is 0 Å². The quantitative estimate of drug-likeness (QED) is 0.866. The van der Waals surface area contributed by atoms with Crippen molar-refractivity contribution in [1.82, 2.24) is 10.3 Å². The highest BCUT2D eigenvalue weighted by atomic mass is 32.2. The van der Waals surface area contributed by atoms with Crippen LogP contribution in [0.4, 0.5) is 13.2 Å². The average Bonchev–Trinajstić information content (AvgIpc) is 2.81. The Morgan fingerprint density at radius 3 is 2.60 bits per heavy atom. The van der Waals surface area contributed by atoms with E-state index in [0.717, 1.165) is 0 Å². The first-order valence-corrected chi connectivity index (χ1v) is 8.69. The van der Waals surface area contributed by atoms with Crippen LogP contribution in [0.25, 0.3) is 0 Å². The third-order valence-electron chi connectivity index (χ3n) is 3.34. The maximum absolute atomic E-state index is 12.9. The van der Waals surface area contributed by atoms with Crippen molar-refractivity contribution in [3.63, 3.8) is 0 Å². The number of aromatic nitrogens is 1. The van der Waals surface area contributed by atoms with Crippen LogP contribution < -0.4 is 5.32 Å². The van der Waals surface area contributed by atoms with Crippen LogP contribution >= 0.6 is 23.1 Å². The second-order valence-corrected chi connectivity index (χ2v) is 7.44. The summed E-state index contributed by atoms with van der Waals surface area (Å²) in [4.78, 5) is 4.11. The molecule has 1 aliphatic rings. The summed E-state index contributed by atoms with van der Waals surface area (Å²) in [5, 5.41) is 3.97. The molecule has 0 spiro atoms. The van der Waals surface area contributed by atoms with Crippen LogP contribution in [0.15, 0.2) is 0 Å². The lowest BCUT2D eigenvalue weighted by atomic mass is 10.0. The summed E-state index contributed by atoms with van der Waals surface area (Å²) < 4.78 is 38.7. The molecule has 0 aliphatic heterocycles. The number of hydrogen-bond donors (Lipinski definition) is 1. The molecule has 0 unspecified atom stereocenters. The fourth-order valence-corrected chi connectivity index (χ4v) is 4.83. The molecule has 1 aliphatic carbocycles. The molecule has 1 saturated carbocycles. The molecule has 2 rings (SSSR count). The molecule has 114 valence electrons. The van der Waals surface area contributed by atoms with E-state index in [1.807, 2.05) is 0 Å². The van der Waals surface area contributed by atoms with Gasteiger partial charge in [0.1, 0.15) is 5.01 Å². The molecule has 0 atom stereocenters. The molecular formula is C13H19F3N2S2. The van der Waals surface area contributed by atoms with Gasteiger partial charge in [0.15, 0.2) is 5.69 Å². The molecule has 7 heteroatoms. The molecule has 0 bridgehead atoms. The van der Waals surface area contributed by atoms with Crippen molar-refractivity contribution in [3.05, 3.63) is 15.6 Å². The first-order chi connectivity index (χ1) is 9.50. The van der Waals surface area contributed by atoms with Crippen molar-refractivity contribution in [2.24, 2.45) is 0 Å². The molecule has 1 aromatic rings. The monoisotopic (exact) mass is 324 g/mol. The van der Waals surface area contributed by atoms with Crippen molar-refractivity contribution in [3.8, 4) is 0 Å². The summed E-state index contributed by atoms with van der Waals surface area (Å²) in [5.41, 5.74) is -0.712. The number of nitrogens with zero attached hydrogens (tertiary/aromatic N) is 1. The van der Waals surface area contributed by atoms with E-state index in [1.165, 1.54) is 43.4 Å². The highest BCUT2D eigenvalue weighted by molar-refractivity contribution is 7.99. The van der Waals surface area contributed by atoms with Gasteiger partial charge in [-0.3, -0.25) is 0 Å². The highest BCUT2D eigenvalue weighted by Gasteiger charge is 2.37. The van der Waals surface area contributed by atoms with Gasteiger partial charge in [0, 0.05) is 17.5 Å². The Morgan fingerprint density at radius 1 is 1.30 bits per heavy atom. The molecule has 1 heterocycles. The molecule has 0 saturated heterocycles. The number of thioether (sulfide) groups is 1. The lowest BCUT2D eigenvalue weighted by Gasteiger charge is -2.20. The third kappa shape index (κ3) is 4.36. The number of alkyl halides is 3. The topological polar surface area (TPSA) is 24.9 Å². The first-order valence-electron chi connectivity index (χ1n) is 6.82. The molecule has 1 fully saturated rings. The molecule has 0 radical (unpaired) electrons. The lowest BCUT2D eigenvalue weighted by Crippen LogP contribution is -2.13. The van der Waals surface area contributed by atoms with Gasteiger partial charge >= 0.3 is 6.18 Å². The van der Waals surface area contributed by atoms with E-state index < -0.39 is 11.9 Å². The zero-order valence-electron chi connectivity index (χ0n) is 11.4. The number of thiazole rings is 1. The molecule has 0 aromatic carbocycles. The number of halogens is 3. The maximum atomic E-state index is 12.9. The standard InChI is InChI=1S/C13H19F3N2S2/c1-17-7-10-12(13(14,15)16)18-11(20-10)8-19-9-5-3-2-4-6-9/h9,17H,2-8H2,1H3. The van der Waals surface area contributed by atoms with E-state index >= 15 is 0 Å². The maximum Gasteiger partial charge on any atom is 0.434 e.